The van der Waals surface area contributed by atoms with E-state index in [9.17, 15) is 15.2 Å². The van der Waals surface area contributed by atoms with Gasteiger partial charge in [-0.3, -0.25) is 9.78 Å². The van der Waals surface area contributed by atoms with Crippen molar-refractivity contribution in [2.24, 2.45) is 5.16 Å². The predicted octanol–water partition coefficient (Wildman–Crippen LogP) is 3.75. The Hall–Kier alpha value is -4.18. The number of pyridine rings is 1. The summed E-state index contributed by atoms with van der Waals surface area (Å²) < 4.78 is 0. The second kappa shape index (κ2) is 8.28. The highest BCUT2D eigenvalue weighted by Gasteiger charge is 2.32. The van der Waals surface area contributed by atoms with E-state index in [-0.39, 0.29) is 11.7 Å². The van der Waals surface area contributed by atoms with Crippen LogP contribution in [-0.2, 0) is 15.0 Å². The number of aromatic nitrogens is 1. The van der Waals surface area contributed by atoms with Crippen LogP contribution in [0.4, 0.5) is 5.69 Å². The van der Waals surface area contributed by atoms with Crippen LogP contribution in [0.3, 0.4) is 0 Å². The molecule has 4 rings (SSSR count). The predicted molar refractivity (Wildman–Crippen MR) is 116 cm³/mol. The monoisotopic (exact) mass is 412 g/mol. The fourth-order valence-corrected chi connectivity index (χ4v) is 3.51. The molecular weight excluding hydrogens is 392 g/mol. The van der Waals surface area contributed by atoms with Gasteiger partial charge in [0, 0.05) is 35.6 Å². The van der Waals surface area contributed by atoms with E-state index in [0.717, 1.165) is 5.56 Å². The molecule has 0 saturated carbocycles. The summed E-state index contributed by atoms with van der Waals surface area (Å²) in [4.78, 5) is 21.9. The zero-order chi connectivity index (χ0) is 21.8. The van der Waals surface area contributed by atoms with E-state index in [1.54, 1.807) is 73.9 Å². The Bertz CT molecular complexity index is 1170. The van der Waals surface area contributed by atoms with Crippen LogP contribution in [0.25, 0.3) is 0 Å². The van der Waals surface area contributed by atoms with Crippen molar-refractivity contribution in [3.63, 3.8) is 0 Å². The number of nitrogens with zero attached hydrogens (tertiary/aromatic N) is 3. The van der Waals surface area contributed by atoms with Crippen molar-refractivity contribution < 1.29 is 14.7 Å². The molecule has 0 radical (unpaired) electrons. The van der Waals surface area contributed by atoms with E-state index < -0.39 is 11.5 Å². The van der Waals surface area contributed by atoms with Gasteiger partial charge in [-0.15, -0.1) is 0 Å². The Labute approximate surface area is 179 Å². The molecule has 0 fully saturated rings. The SMILES string of the molecule is CC(C#N)(c1ccc(NC(=O)C2CC(c3cccnc3)=NO2)cc1)c1ccccc1O. The average molecular weight is 412 g/mol. The molecule has 1 aliphatic heterocycles. The number of hydrogen-bond donors (Lipinski definition) is 2. The summed E-state index contributed by atoms with van der Waals surface area (Å²) in [5, 5.41) is 26.9. The zero-order valence-corrected chi connectivity index (χ0v) is 16.8. The Morgan fingerprint density at radius 3 is 2.65 bits per heavy atom. The maximum Gasteiger partial charge on any atom is 0.268 e. The third kappa shape index (κ3) is 3.96. The number of rotatable bonds is 5. The number of oxime groups is 1. The third-order valence-electron chi connectivity index (χ3n) is 5.35. The van der Waals surface area contributed by atoms with Crippen molar-refractivity contribution in [2.45, 2.75) is 24.9 Å². The highest BCUT2D eigenvalue weighted by Crippen LogP contribution is 2.36. The molecule has 154 valence electrons. The highest BCUT2D eigenvalue weighted by molar-refractivity contribution is 6.05. The fourth-order valence-electron chi connectivity index (χ4n) is 3.51. The summed E-state index contributed by atoms with van der Waals surface area (Å²) in [5.74, 6) is -0.245. The molecule has 1 aromatic heterocycles. The van der Waals surface area contributed by atoms with E-state index in [1.807, 2.05) is 6.07 Å². The number of benzene rings is 2. The molecule has 1 amide bonds. The molecule has 2 N–H and O–H groups in total. The van der Waals surface area contributed by atoms with Crippen molar-refractivity contribution >= 4 is 17.3 Å². The first-order valence-electron chi connectivity index (χ1n) is 9.75. The van der Waals surface area contributed by atoms with E-state index in [4.69, 9.17) is 4.84 Å². The van der Waals surface area contributed by atoms with Crippen LogP contribution in [0, 0.1) is 11.3 Å². The molecule has 3 aromatic rings. The van der Waals surface area contributed by atoms with E-state index in [0.29, 0.717) is 28.9 Å². The van der Waals surface area contributed by atoms with Gasteiger partial charge >= 0.3 is 0 Å². The highest BCUT2D eigenvalue weighted by atomic mass is 16.6. The van der Waals surface area contributed by atoms with Crippen LogP contribution >= 0.6 is 0 Å². The molecule has 0 saturated heterocycles. The van der Waals surface area contributed by atoms with Gasteiger partial charge in [-0.1, -0.05) is 35.5 Å². The minimum absolute atomic E-state index is 0.0618. The summed E-state index contributed by atoms with van der Waals surface area (Å²) in [6, 6.07) is 19.7. The van der Waals surface area contributed by atoms with Crippen LogP contribution < -0.4 is 5.32 Å². The molecule has 7 heteroatoms. The summed E-state index contributed by atoms with van der Waals surface area (Å²) in [7, 11) is 0. The van der Waals surface area contributed by atoms with Gasteiger partial charge in [0.25, 0.3) is 5.91 Å². The van der Waals surface area contributed by atoms with Gasteiger partial charge in [-0.05, 0) is 42.8 Å². The first-order valence-corrected chi connectivity index (χ1v) is 9.75. The largest absolute Gasteiger partial charge is 0.508 e. The van der Waals surface area contributed by atoms with Crippen LogP contribution in [-0.4, -0.2) is 27.8 Å². The molecule has 0 bridgehead atoms. The molecule has 2 unspecified atom stereocenters. The Morgan fingerprint density at radius 1 is 1.19 bits per heavy atom. The van der Waals surface area contributed by atoms with E-state index >= 15 is 0 Å². The second-order valence-electron chi connectivity index (χ2n) is 7.40. The van der Waals surface area contributed by atoms with Gasteiger partial charge in [-0.2, -0.15) is 5.26 Å². The number of carbonyl (C=O) groups is 1. The molecular formula is C24H20N4O3. The second-order valence-corrected chi connectivity index (χ2v) is 7.40. The molecule has 1 aliphatic rings. The van der Waals surface area contributed by atoms with Crippen LogP contribution in [0.15, 0.2) is 78.2 Å². The van der Waals surface area contributed by atoms with Crippen LogP contribution in [0.1, 0.15) is 30.0 Å². The van der Waals surface area contributed by atoms with Gasteiger partial charge in [-0.25, -0.2) is 0 Å². The maximum absolute atomic E-state index is 12.6. The van der Waals surface area contributed by atoms with Gasteiger partial charge in [0.15, 0.2) is 0 Å². The number of amides is 1. The van der Waals surface area contributed by atoms with Crippen LogP contribution in [0.5, 0.6) is 5.75 Å². The summed E-state index contributed by atoms with van der Waals surface area (Å²) in [6.07, 6.45) is 2.98. The van der Waals surface area contributed by atoms with Crippen molar-refractivity contribution in [3.8, 4) is 11.8 Å². The Morgan fingerprint density at radius 2 is 1.97 bits per heavy atom. The quantitative estimate of drug-likeness (QED) is 0.664. The minimum atomic E-state index is -1.03. The number of nitriles is 1. The maximum atomic E-state index is 12.6. The number of phenolic OH excluding ortho intramolecular Hbond substituents is 1. The lowest BCUT2D eigenvalue weighted by Gasteiger charge is -2.24. The molecule has 2 atom stereocenters. The molecule has 0 aliphatic carbocycles. The van der Waals surface area contributed by atoms with Crippen molar-refractivity contribution in [1.29, 1.82) is 5.26 Å². The molecule has 2 heterocycles. The average Bonchev–Trinajstić information content (AvgIpc) is 3.31. The third-order valence-corrected chi connectivity index (χ3v) is 5.35. The topological polar surface area (TPSA) is 108 Å². The number of carbonyl (C=O) groups excluding carboxylic acids is 1. The molecule has 2 aromatic carbocycles. The van der Waals surface area contributed by atoms with Crippen molar-refractivity contribution in [3.05, 3.63) is 89.7 Å². The number of aromatic hydroxyl groups is 1. The summed E-state index contributed by atoms with van der Waals surface area (Å²) >= 11 is 0. The van der Waals surface area contributed by atoms with Crippen molar-refractivity contribution in [2.75, 3.05) is 5.32 Å². The number of anilines is 1. The fraction of sp³-hybridized carbons (Fsp3) is 0.167. The van der Waals surface area contributed by atoms with Gasteiger partial charge in [0.2, 0.25) is 6.10 Å². The molecule has 0 spiro atoms. The molecule has 7 nitrogen and oxygen atoms in total. The smallest absolute Gasteiger partial charge is 0.268 e. The normalized spacial score (nSPS) is 17.0. The Kier molecular flexibility index (Phi) is 5.37. The van der Waals surface area contributed by atoms with Gasteiger partial charge < -0.3 is 15.3 Å². The lowest BCUT2D eigenvalue weighted by atomic mass is 9.77. The van der Waals surface area contributed by atoms with E-state index in [1.165, 1.54) is 0 Å². The summed E-state index contributed by atoms with van der Waals surface area (Å²) in [5.41, 5.74) is 2.26. The van der Waals surface area contributed by atoms with Crippen molar-refractivity contribution in [1.82, 2.24) is 4.98 Å². The van der Waals surface area contributed by atoms with E-state index in [2.05, 4.69) is 21.5 Å². The number of para-hydroxylation sites is 1. The van der Waals surface area contributed by atoms with Crippen LogP contribution in [0.2, 0.25) is 0 Å². The number of hydrogen-bond acceptors (Lipinski definition) is 6. The zero-order valence-electron chi connectivity index (χ0n) is 16.8. The van der Waals surface area contributed by atoms with Gasteiger partial charge in [0.05, 0.1) is 11.8 Å². The van der Waals surface area contributed by atoms with Gasteiger partial charge in [0.1, 0.15) is 11.2 Å². The minimum Gasteiger partial charge on any atom is -0.508 e. The first kappa shape index (κ1) is 20.1. The lowest BCUT2D eigenvalue weighted by Crippen LogP contribution is -2.28. The lowest BCUT2D eigenvalue weighted by molar-refractivity contribution is -0.125. The summed E-state index contributed by atoms with van der Waals surface area (Å²) in [6.45, 7) is 1.75. The molecule has 31 heavy (non-hydrogen) atoms. The number of nitrogens with one attached hydrogen (secondary N) is 1. The Balaban J connectivity index is 1.45. The number of phenols is 1. The standard InChI is InChI=1S/C24H20N4O3/c1-24(15-25,19-6-2-3-7-21(19)29)17-8-10-18(11-9-17)27-23(30)22-13-20(28-31-22)16-5-4-12-26-14-16/h2-12,14,22,29H,13H2,1H3,(H,27,30). The first-order chi connectivity index (χ1) is 15.0.